The molecule has 0 aliphatic carbocycles. The summed E-state index contributed by atoms with van der Waals surface area (Å²) in [5, 5.41) is 7.47. The zero-order valence-electron chi connectivity index (χ0n) is 17.0. The zero-order valence-corrected chi connectivity index (χ0v) is 17.8. The van der Waals surface area contributed by atoms with Crippen LogP contribution in [-0.4, -0.2) is 47.9 Å². The Morgan fingerprint density at radius 1 is 1.20 bits per heavy atom. The Balaban J connectivity index is 1.88. The number of nitrogens with zero attached hydrogens (tertiary/aromatic N) is 3. The third-order valence-electron chi connectivity index (χ3n) is 4.14. The molecule has 2 rings (SSSR count). The summed E-state index contributed by atoms with van der Waals surface area (Å²) in [5.74, 6) is 0.336. The molecule has 2 aromatic rings. The highest BCUT2D eigenvalue weighted by molar-refractivity contribution is 7.09. The first-order chi connectivity index (χ1) is 14.3. The molecular weight excluding hydrogens is 415 g/mol. The molecule has 30 heavy (non-hydrogen) atoms. The topological polar surface area (TPSA) is 69.6 Å². The van der Waals surface area contributed by atoms with Crippen molar-refractivity contribution in [1.82, 2.24) is 20.5 Å². The molecule has 0 aliphatic rings. The first kappa shape index (κ1) is 23.7. The van der Waals surface area contributed by atoms with Crippen LogP contribution in [0.15, 0.2) is 40.7 Å². The van der Waals surface area contributed by atoms with Gasteiger partial charge in [-0.1, -0.05) is 30.3 Å². The second kappa shape index (κ2) is 11.5. The largest absolute Gasteiger partial charge is 0.434 e. The highest BCUT2D eigenvalue weighted by atomic mass is 32.1. The van der Waals surface area contributed by atoms with Gasteiger partial charge in [-0.25, -0.2) is 9.98 Å². The van der Waals surface area contributed by atoms with Crippen LogP contribution in [0, 0.1) is 0 Å². The predicted molar refractivity (Wildman–Crippen MR) is 112 cm³/mol. The minimum absolute atomic E-state index is 0.0223. The van der Waals surface area contributed by atoms with E-state index in [1.807, 2.05) is 44.2 Å². The number of benzene rings is 1. The van der Waals surface area contributed by atoms with Crippen molar-refractivity contribution >= 4 is 23.2 Å². The van der Waals surface area contributed by atoms with Crippen molar-refractivity contribution in [1.29, 1.82) is 0 Å². The maximum Gasteiger partial charge on any atom is 0.434 e. The number of alkyl halides is 3. The Morgan fingerprint density at radius 3 is 2.53 bits per heavy atom. The zero-order chi connectivity index (χ0) is 22.0. The number of hydrogen-bond acceptors (Lipinski definition) is 4. The van der Waals surface area contributed by atoms with Crippen LogP contribution in [0.4, 0.5) is 13.2 Å². The van der Waals surface area contributed by atoms with Crippen LogP contribution in [0.1, 0.15) is 30.1 Å². The number of hydrogen-bond donors (Lipinski definition) is 2. The lowest BCUT2D eigenvalue weighted by Crippen LogP contribution is -2.40. The van der Waals surface area contributed by atoms with Crippen molar-refractivity contribution in [3.8, 4) is 0 Å². The molecule has 0 saturated heterocycles. The van der Waals surface area contributed by atoms with Gasteiger partial charge in [-0.2, -0.15) is 13.2 Å². The smallest absolute Gasteiger partial charge is 0.357 e. The van der Waals surface area contributed by atoms with E-state index in [1.165, 1.54) is 0 Å². The van der Waals surface area contributed by atoms with Gasteiger partial charge in [0.15, 0.2) is 11.7 Å². The fourth-order valence-corrected chi connectivity index (χ4v) is 3.42. The summed E-state index contributed by atoms with van der Waals surface area (Å²) >= 11 is 0.975. The van der Waals surface area contributed by atoms with Crippen molar-refractivity contribution < 1.29 is 18.0 Å². The average molecular weight is 442 g/mol. The maximum absolute atomic E-state index is 12.6. The summed E-state index contributed by atoms with van der Waals surface area (Å²) < 4.78 is 37.9. The molecule has 1 heterocycles. The quantitative estimate of drug-likeness (QED) is 0.463. The third-order valence-corrected chi connectivity index (χ3v) is 5.05. The van der Waals surface area contributed by atoms with E-state index in [0.717, 1.165) is 22.3 Å². The molecule has 0 radical (unpaired) electrons. The van der Waals surface area contributed by atoms with Crippen molar-refractivity contribution in [2.24, 2.45) is 4.99 Å². The molecule has 0 aliphatic heterocycles. The Hall–Kier alpha value is -2.62. The SMILES string of the molecule is CCNC(=NCC(=O)N(CC)Cc1ccccc1)NCCc1nc(C(F)(F)F)cs1. The van der Waals surface area contributed by atoms with E-state index in [2.05, 4.69) is 20.6 Å². The van der Waals surface area contributed by atoms with Crippen molar-refractivity contribution in [3.05, 3.63) is 52.0 Å². The standard InChI is InChI=1S/C20H26F3N5OS/c1-3-24-19(25-11-10-17-27-16(14-30-17)20(21,22)23)26-12-18(29)28(4-2)13-15-8-6-5-7-9-15/h5-9,14H,3-4,10-13H2,1-2H3,(H2,24,25,26). The number of guanidine groups is 1. The van der Waals surface area contributed by atoms with Gasteiger partial charge >= 0.3 is 6.18 Å². The summed E-state index contributed by atoms with van der Waals surface area (Å²) in [6.07, 6.45) is -4.10. The molecule has 0 bridgehead atoms. The maximum atomic E-state index is 12.6. The average Bonchev–Trinajstić information content (AvgIpc) is 3.20. The Labute approximate surface area is 178 Å². The first-order valence-corrected chi connectivity index (χ1v) is 10.6. The van der Waals surface area contributed by atoms with E-state index in [9.17, 15) is 18.0 Å². The molecule has 1 aromatic carbocycles. The normalized spacial score (nSPS) is 12.0. The van der Waals surface area contributed by atoms with Crippen LogP contribution in [0.5, 0.6) is 0 Å². The number of likely N-dealkylation sites (N-methyl/N-ethyl adjacent to an activating group) is 1. The summed E-state index contributed by atoms with van der Waals surface area (Å²) in [6, 6.07) is 9.72. The fourth-order valence-electron chi connectivity index (χ4n) is 2.61. The molecule has 10 heteroatoms. The molecule has 6 nitrogen and oxygen atoms in total. The van der Waals surface area contributed by atoms with Gasteiger partial charge in [-0.05, 0) is 19.4 Å². The van der Waals surface area contributed by atoms with Gasteiger partial charge in [0.1, 0.15) is 6.54 Å². The lowest BCUT2D eigenvalue weighted by atomic mass is 10.2. The van der Waals surface area contributed by atoms with E-state index in [1.54, 1.807) is 4.90 Å². The number of amides is 1. The third kappa shape index (κ3) is 7.66. The van der Waals surface area contributed by atoms with Crippen LogP contribution < -0.4 is 10.6 Å². The lowest BCUT2D eigenvalue weighted by Gasteiger charge is -2.20. The molecule has 0 unspecified atom stereocenters. The van der Waals surface area contributed by atoms with Gasteiger partial charge in [0.25, 0.3) is 0 Å². The molecule has 1 amide bonds. The van der Waals surface area contributed by atoms with E-state index in [-0.39, 0.29) is 12.5 Å². The van der Waals surface area contributed by atoms with E-state index in [4.69, 9.17) is 0 Å². The number of aromatic nitrogens is 1. The number of thiazole rings is 1. The molecule has 1 aromatic heterocycles. The van der Waals surface area contributed by atoms with Crippen LogP contribution in [0.25, 0.3) is 0 Å². The van der Waals surface area contributed by atoms with Crippen molar-refractivity contribution in [3.63, 3.8) is 0 Å². The van der Waals surface area contributed by atoms with Crippen molar-refractivity contribution in [2.45, 2.75) is 33.0 Å². The second-order valence-electron chi connectivity index (χ2n) is 6.39. The number of carbonyl (C=O) groups excluding carboxylic acids is 1. The lowest BCUT2D eigenvalue weighted by molar-refractivity contribution is -0.140. The molecular formula is C20H26F3N5OS. The molecule has 0 spiro atoms. The minimum atomic E-state index is -4.43. The fraction of sp³-hybridized carbons (Fsp3) is 0.450. The number of rotatable bonds is 9. The first-order valence-electron chi connectivity index (χ1n) is 9.69. The van der Waals surface area contributed by atoms with E-state index < -0.39 is 11.9 Å². The van der Waals surface area contributed by atoms with Crippen LogP contribution >= 0.6 is 11.3 Å². The Morgan fingerprint density at radius 2 is 1.93 bits per heavy atom. The molecule has 0 saturated carbocycles. The van der Waals surface area contributed by atoms with Gasteiger partial charge in [0.2, 0.25) is 5.91 Å². The Kier molecular flexibility index (Phi) is 9.10. The highest BCUT2D eigenvalue weighted by Gasteiger charge is 2.33. The van der Waals surface area contributed by atoms with Gasteiger partial charge in [0.05, 0.1) is 5.01 Å². The molecule has 0 fully saturated rings. The number of halogens is 3. The van der Waals surface area contributed by atoms with Crippen LogP contribution in [0.3, 0.4) is 0 Å². The second-order valence-corrected chi connectivity index (χ2v) is 7.33. The monoisotopic (exact) mass is 441 g/mol. The van der Waals surface area contributed by atoms with Gasteiger partial charge in [0, 0.05) is 38.0 Å². The van der Waals surface area contributed by atoms with Crippen molar-refractivity contribution in [2.75, 3.05) is 26.2 Å². The van der Waals surface area contributed by atoms with Crippen LogP contribution in [0.2, 0.25) is 0 Å². The number of carbonyl (C=O) groups is 1. The van der Waals surface area contributed by atoms with E-state index >= 15 is 0 Å². The minimum Gasteiger partial charge on any atom is -0.357 e. The number of aliphatic imine (C=N–C) groups is 1. The molecule has 2 N–H and O–H groups in total. The Bertz CT molecular complexity index is 823. The number of nitrogens with one attached hydrogen (secondary N) is 2. The summed E-state index contributed by atoms with van der Waals surface area (Å²) in [4.78, 5) is 22.2. The predicted octanol–water partition coefficient (Wildman–Crippen LogP) is 3.31. The summed E-state index contributed by atoms with van der Waals surface area (Å²) in [6.45, 7) is 5.81. The molecule has 164 valence electrons. The van der Waals surface area contributed by atoms with Gasteiger partial charge in [-0.15, -0.1) is 11.3 Å². The highest BCUT2D eigenvalue weighted by Crippen LogP contribution is 2.29. The molecule has 0 atom stereocenters. The summed E-state index contributed by atoms with van der Waals surface area (Å²) in [7, 11) is 0. The van der Waals surface area contributed by atoms with Gasteiger partial charge in [-0.3, -0.25) is 4.79 Å². The summed E-state index contributed by atoms with van der Waals surface area (Å²) in [5.41, 5.74) is 0.176. The van der Waals surface area contributed by atoms with Gasteiger partial charge < -0.3 is 15.5 Å². The van der Waals surface area contributed by atoms with E-state index in [0.29, 0.717) is 43.6 Å². The van der Waals surface area contributed by atoms with Crippen LogP contribution in [-0.2, 0) is 23.9 Å².